The Balaban J connectivity index is 1.27. The van der Waals surface area contributed by atoms with E-state index in [0.717, 1.165) is 35.9 Å². The molecule has 182 valence electrons. The van der Waals surface area contributed by atoms with Crippen molar-refractivity contribution in [3.63, 3.8) is 0 Å². The lowest BCUT2D eigenvalue weighted by Crippen LogP contribution is -2.48. The van der Waals surface area contributed by atoms with Gasteiger partial charge in [-0.1, -0.05) is 23.9 Å². The van der Waals surface area contributed by atoms with Crippen LogP contribution in [0.4, 0.5) is 11.4 Å². The minimum absolute atomic E-state index is 0.00995. The van der Waals surface area contributed by atoms with Gasteiger partial charge in [-0.2, -0.15) is 0 Å². The van der Waals surface area contributed by atoms with Gasteiger partial charge in [-0.3, -0.25) is 9.59 Å². The first-order chi connectivity index (χ1) is 16.9. The normalized spacial score (nSPS) is 13.5. The van der Waals surface area contributed by atoms with Gasteiger partial charge in [0.25, 0.3) is 5.91 Å². The lowest BCUT2D eigenvalue weighted by atomic mass is 10.1. The predicted molar refractivity (Wildman–Crippen MR) is 138 cm³/mol. The quantitative estimate of drug-likeness (QED) is 0.397. The number of carbonyl (C=O) groups excluding carboxylic acids is 2. The van der Waals surface area contributed by atoms with Crippen LogP contribution in [0.15, 0.2) is 59.8 Å². The van der Waals surface area contributed by atoms with Crippen molar-refractivity contribution in [3.05, 3.63) is 71.5 Å². The highest BCUT2D eigenvalue weighted by molar-refractivity contribution is 7.99. The summed E-state index contributed by atoms with van der Waals surface area (Å²) in [6.07, 6.45) is 0. The van der Waals surface area contributed by atoms with E-state index in [1.807, 2.05) is 61.2 Å². The van der Waals surface area contributed by atoms with E-state index < -0.39 is 0 Å². The number of hydrogen-bond acceptors (Lipinski definition) is 7. The van der Waals surface area contributed by atoms with Crippen molar-refractivity contribution in [1.29, 1.82) is 0 Å². The second-order valence-corrected chi connectivity index (χ2v) is 9.24. The molecule has 0 spiro atoms. The summed E-state index contributed by atoms with van der Waals surface area (Å²) in [7, 11) is 1.58. The van der Waals surface area contributed by atoms with Crippen molar-refractivity contribution < 1.29 is 14.3 Å². The van der Waals surface area contributed by atoms with Crippen molar-refractivity contribution in [2.24, 2.45) is 0 Å². The van der Waals surface area contributed by atoms with E-state index in [4.69, 9.17) is 4.74 Å². The van der Waals surface area contributed by atoms with E-state index in [0.29, 0.717) is 29.6 Å². The molecule has 0 saturated carbocycles. The number of thioether (sulfide) groups is 1. The maximum absolute atomic E-state index is 12.9. The number of rotatable bonds is 7. The number of aryl methyl sites for hydroxylation is 2. The van der Waals surface area contributed by atoms with Crippen LogP contribution in [0.25, 0.3) is 0 Å². The van der Waals surface area contributed by atoms with Gasteiger partial charge < -0.3 is 19.9 Å². The van der Waals surface area contributed by atoms with Gasteiger partial charge in [0, 0.05) is 48.9 Å². The van der Waals surface area contributed by atoms with Crippen LogP contribution in [0.1, 0.15) is 21.7 Å². The first-order valence-electron chi connectivity index (χ1n) is 11.4. The molecule has 0 atom stereocenters. The monoisotopic (exact) mass is 491 g/mol. The smallest absolute Gasteiger partial charge is 0.257 e. The van der Waals surface area contributed by atoms with E-state index in [2.05, 4.69) is 20.2 Å². The molecule has 1 aliphatic rings. The third-order valence-corrected chi connectivity index (χ3v) is 6.56. The number of nitrogens with one attached hydrogen (secondary N) is 1. The zero-order valence-corrected chi connectivity index (χ0v) is 21.0. The summed E-state index contributed by atoms with van der Waals surface area (Å²) in [6.45, 7) is 6.57. The fourth-order valence-electron chi connectivity index (χ4n) is 4.00. The molecule has 1 aromatic heterocycles. The highest BCUT2D eigenvalue weighted by atomic mass is 32.2. The SMILES string of the molecule is COc1ccccc1C(=O)N1CCN(c2ccc(NC(=O)CSc3nc(C)cc(C)n3)cc2)CC1. The number of anilines is 2. The lowest BCUT2D eigenvalue weighted by Gasteiger charge is -2.36. The number of aromatic nitrogens is 2. The molecule has 9 heteroatoms. The largest absolute Gasteiger partial charge is 0.496 e. The van der Waals surface area contributed by atoms with Crippen LogP contribution in [0.2, 0.25) is 0 Å². The Morgan fingerprint density at radius 1 is 0.971 bits per heavy atom. The van der Waals surface area contributed by atoms with E-state index in [9.17, 15) is 9.59 Å². The molecule has 1 aliphatic heterocycles. The van der Waals surface area contributed by atoms with Crippen LogP contribution in [0, 0.1) is 13.8 Å². The molecule has 2 aromatic carbocycles. The van der Waals surface area contributed by atoms with Gasteiger partial charge in [-0.05, 0) is 56.3 Å². The molecule has 4 rings (SSSR count). The number of hydrogen-bond donors (Lipinski definition) is 1. The molecule has 0 aliphatic carbocycles. The van der Waals surface area contributed by atoms with Crippen molar-refractivity contribution in [2.75, 3.05) is 49.3 Å². The molecule has 3 aromatic rings. The minimum Gasteiger partial charge on any atom is -0.496 e. The van der Waals surface area contributed by atoms with Gasteiger partial charge in [0.05, 0.1) is 18.4 Å². The molecule has 1 N–H and O–H groups in total. The Kier molecular flexibility index (Phi) is 7.87. The third kappa shape index (κ3) is 6.30. The number of para-hydroxylation sites is 1. The molecule has 35 heavy (non-hydrogen) atoms. The van der Waals surface area contributed by atoms with Gasteiger partial charge in [0.15, 0.2) is 5.16 Å². The molecule has 0 unspecified atom stereocenters. The number of benzene rings is 2. The second-order valence-electron chi connectivity index (χ2n) is 8.30. The third-order valence-electron chi connectivity index (χ3n) is 5.71. The van der Waals surface area contributed by atoms with Crippen molar-refractivity contribution in [2.45, 2.75) is 19.0 Å². The molecule has 0 radical (unpaired) electrons. The fourth-order valence-corrected chi connectivity index (χ4v) is 4.75. The Labute approximate surface area is 209 Å². The molecule has 2 heterocycles. The number of piperazine rings is 1. The van der Waals surface area contributed by atoms with Crippen LogP contribution in [0.3, 0.4) is 0 Å². The number of nitrogens with zero attached hydrogens (tertiary/aromatic N) is 4. The summed E-state index contributed by atoms with van der Waals surface area (Å²) < 4.78 is 5.34. The average molecular weight is 492 g/mol. The molecule has 2 amide bonds. The van der Waals surface area contributed by atoms with E-state index in [1.165, 1.54) is 11.8 Å². The van der Waals surface area contributed by atoms with Crippen molar-refractivity contribution >= 4 is 35.0 Å². The fraction of sp³-hybridized carbons (Fsp3) is 0.308. The van der Waals surface area contributed by atoms with E-state index in [1.54, 1.807) is 19.2 Å². The van der Waals surface area contributed by atoms with E-state index >= 15 is 0 Å². The Morgan fingerprint density at radius 3 is 2.29 bits per heavy atom. The Bertz CT molecular complexity index is 1170. The van der Waals surface area contributed by atoms with Crippen LogP contribution < -0.4 is 15.0 Å². The summed E-state index contributed by atoms with van der Waals surface area (Å²) >= 11 is 1.32. The van der Waals surface area contributed by atoms with Gasteiger partial charge in [0.1, 0.15) is 5.75 Å². The van der Waals surface area contributed by atoms with Crippen LogP contribution >= 0.6 is 11.8 Å². The van der Waals surface area contributed by atoms with Crippen molar-refractivity contribution in [1.82, 2.24) is 14.9 Å². The molecular weight excluding hydrogens is 462 g/mol. The summed E-state index contributed by atoms with van der Waals surface area (Å²) in [5, 5.41) is 3.53. The van der Waals surface area contributed by atoms with Gasteiger partial charge in [-0.15, -0.1) is 0 Å². The lowest BCUT2D eigenvalue weighted by molar-refractivity contribution is -0.113. The number of methoxy groups -OCH3 is 1. The molecule has 8 nitrogen and oxygen atoms in total. The molecular formula is C26H29N5O3S. The predicted octanol–water partition coefficient (Wildman–Crippen LogP) is 3.80. The standard InChI is InChI=1S/C26H29N5O3S/c1-18-16-19(2)28-26(27-18)35-17-24(32)29-20-8-10-21(11-9-20)30-12-14-31(15-13-30)25(33)22-6-4-5-7-23(22)34-3/h4-11,16H,12-15,17H2,1-3H3,(H,29,32). The zero-order valence-electron chi connectivity index (χ0n) is 20.2. The summed E-state index contributed by atoms with van der Waals surface area (Å²) in [6, 6.07) is 17.0. The zero-order chi connectivity index (χ0) is 24.8. The molecule has 0 bridgehead atoms. The first-order valence-corrected chi connectivity index (χ1v) is 12.4. The van der Waals surface area contributed by atoms with Gasteiger partial charge in [-0.25, -0.2) is 9.97 Å². The molecule has 1 fully saturated rings. The second kappa shape index (κ2) is 11.2. The van der Waals surface area contributed by atoms with Gasteiger partial charge >= 0.3 is 0 Å². The summed E-state index contributed by atoms with van der Waals surface area (Å²) in [4.78, 5) is 38.1. The maximum atomic E-state index is 12.9. The van der Waals surface area contributed by atoms with Crippen LogP contribution in [-0.4, -0.2) is 65.7 Å². The highest BCUT2D eigenvalue weighted by Gasteiger charge is 2.24. The van der Waals surface area contributed by atoms with Crippen LogP contribution in [-0.2, 0) is 4.79 Å². The van der Waals surface area contributed by atoms with Gasteiger partial charge in [0.2, 0.25) is 5.91 Å². The number of amides is 2. The number of carbonyl (C=O) groups is 2. The summed E-state index contributed by atoms with van der Waals surface area (Å²) in [5.74, 6) is 0.725. The first kappa shape index (κ1) is 24.5. The topological polar surface area (TPSA) is 87.7 Å². The highest BCUT2D eigenvalue weighted by Crippen LogP contribution is 2.23. The minimum atomic E-state index is -0.103. The summed E-state index contributed by atoms with van der Waals surface area (Å²) in [5.41, 5.74) is 4.17. The van der Waals surface area contributed by atoms with Crippen LogP contribution in [0.5, 0.6) is 5.75 Å². The van der Waals surface area contributed by atoms with E-state index in [-0.39, 0.29) is 17.6 Å². The van der Waals surface area contributed by atoms with Crippen molar-refractivity contribution in [3.8, 4) is 5.75 Å². The Hall–Kier alpha value is -3.59. The number of ether oxygens (including phenoxy) is 1. The Morgan fingerprint density at radius 2 is 1.63 bits per heavy atom. The molecule has 1 saturated heterocycles. The maximum Gasteiger partial charge on any atom is 0.257 e. The average Bonchev–Trinajstić information content (AvgIpc) is 2.87.